The molecule has 0 radical (unpaired) electrons. The normalized spacial score (nSPS) is 15.4. The Morgan fingerprint density at radius 3 is 2.67 bits per heavy atom. The first kappa shape index (κ1) is 29.6. The van der Waals surface area contributed by atoms with Gasteiger partial charge in [0.1, 0.15) is 24.2 Å². The number of benzene rings is 1. The predicted molar refractivity (Wildman–Crippen MR) is 157 cm³/mol. The molecule has 0 bridgehead atoms. The molecule has 2 aromatic rings. The SMILES string of the molecule is CN(CC1CCC1)C(=O)N[C@@H](CCN(CCCCc1ccc2c(n1)NCCC2)CCOc1ccccc1)C(=O)O. The number of pyridine rings is 1. The van der Waals surface area contributed by atoms with E-state index in [1.807, 2.05) is 30.3 Å². The van der Waals surface area contributed by atoms with Crippen LogP contribution in [0.4, 0.5) is 10.6 Å². The Hall–Kier alpha value is -3.33. The molecule has 2 heterocycles. The number of nitrogens with zero attached hydrogens (tertiary/aromatic N) is 3. The summed E-state index contributed by atoms with van der Waals surface area (Å²) in [6, 6.07) is 12.8. The number of hydrogen-bond donors (Lipinski definition) is 3. The van der Waals surface area contributed by atoms with Crippen LogP contribution in [0.1, 0.15) is 56.2 Å². The van der Waals surface area contributed by atoms with Gasteiger partial charge < -0.3 is 25.4 Å². The molecule has 0 saturated heterocycles. The largest absolute Gasteiger partial charge is 0.492 e. The molecule has 1 aromatic heterocycles. The van der Waals surface area contributed by atoms with Crippen LogP contribution >= 0.6 is 0 Å². The van der Waals surface area contributed by atoms with Crippen molar-refractivity contribution < 1.29 is 19.4 Å². The number of fused-ring (bicyclic) bond motifs is 1. The van der Waals surface area contributed by atoms with Gasteiger partial charge in [-0.25, -0.2) is 14.6 Å². The molecule has 1 fully saturated rings. The summed E-state index contributed by atoms with van der Waals surface area (Å²) in [5.41, 5.74) is 2.40. The maximum atomic E-state index is 12.6. The lowest BCUT2D eigenvalue weighted by Gasteiger charge is -2.31. The van der Waals surface area contributed by atoms with Gasteiger partial charge in [0.05, 0.1) is 0 Å². The van der Waals surface area contributed by atoms with Gasteiger partial charge in [-0.2, -0.15) is 0 Å². The number of hydrogen-bond acceptors (Lipinski definition) is 6. The second-order valence-corrected chi connectivity index (χ2v) is 11.1. The van der Waals surface area contributed by atoms with Gasteiger partial charge in [0.2, 0.25) is 0 Å². The first-order chi connectivity index (χ1) is 19.5. The predicted octanol–water partition coefficient (Wildman–Crippen LogP) is 4.43. The molecule has 1 aliphatic carbocycles. The Balaban J connectivity index is 1.26. The summed E-state index contributed by atoms with van der Waals surface area (Å²) in [5.74, 6) is 1.38. The molecule has 2 amide bonds. The highest BCUT2D eigenvalue weighted by Gasteiger charge is 2.25. The Morgan fingerprint density at radius 2 is 1.93 bits per heavy atom. The number of rotatable bonds is 16. The number of unbranched alkanes of at least 4 members (excludes halogenated alkanes) is 1. The van der Waals surface area contributed by atoms with Crippen LogP contribution in [0.5, 0.6) is 5.75 Å². The third kappa shape index (κ3) is 9.40. The van der Waals surface area contributed by atoms with E-state index in [1.165, 1.54) is 12.0 Å². The summed E-state index contributed by atoms with van der Waals surface area (Å²) in [7, 11) is 1.74. The first-order valence-electron chi connectivity index (χ1n) is 14.8. The molecule has 9 nitrogen and oxygen atoms in total. The maximum Gasteiger partial charge on any atom is 0.326 e. The number of ether oxygens (including phenoxy) is 1. The number of para-hydroxylation sites is 1. The average Bonchev–Trinajstić information content (AvgIpc) is 2.94. The van der Waals surface area contributed by atoms with Crippen LogP contribution in [0.15, 0.2) is 42.5 Å². The van der Waals surface area contributed by atoms with Crippen LogP contribution in [-0.2, 0) is 17.6 Å². The highest BCUT2D eigenvalue weighted by Crippen LogP contribution is 2.26. The molecule has 0 spiro atoms. The van der Waals surface area contributed by atoms with Crippen molar-refractivity contribution in [2.75, 3.05) is 51.7 Å². The van der Waals surface area contributed by atoms with E-state index < -0.39 is 12.0 Å². The number of carbonyl (C=O) groups excluding carboxylic acids is 1. The second kappa shape index (κ2) is 15.5. The molecule has 40 heavy (non-hydrogen) atoms. The maximum absolute atomic E-state index is 12.6. The second-order valence-electron chi connectivity index (χ2n) is 11.1. The molecule has 218 valence electrons. The van der Waals surface area contributed by atoms with Crippen molar-refractivity contribution in [3.8, 4) is 5.75 Å². The lowest BCUT2D eigenvalue weighted by atomic mass is 9.85. The fourth-order valence-electron chi connectivity index (χ4n) is 5.27. The molecular weight excluding hydrogens is 506 g/mol. The Kier molecular flexibility index (Phi) is 11.5. The third-order valence-electron chi connectivity index (χ3n) is 7.96. The van der Waals surface area contributed by atoms with Crippen LogP contribution in [0, 0.1) is 5.92 Å². The van der Waals surface area contributed by atoms with E-state index >= 15 is 0 Å². The molecule has 4 rings (SSSR count). The van der Waals surface area contributed by atoms with Crippen molar-refractivity contribution in [3.05, 3.63) is 53.7 Å². The quantitative estimate of drug-likeness (QED) is 0.265. The topological polar surface area (TPSA) is 107 Å². The number of carbonyl (C=O) groups is 2. The summed E-state index contributed by atoms with van der Waals surface area (Å²) >= 11 is 0. The van der Waals surface area contributed by atoms with Crippen LogP contribution in [0.25, 0.3) is 0 Å². The summed E-state index contributed by atoms with van der Waals surface area (Å²) in [6.07, 6.45) is 8.93. The minimum absolute atomic E-state index is 0.315. The van der Waals surface area contributed by atoms with Gasteiger partial charge in [0, 0.05) is 38.9 Å². The van der Waals surface area contributed by atoms with Crippen molar-refractivity contribution in [1.29, 1.82) is 0 Å². The number of amides is 2. The van der Waals surface area contributed by atoms with Crippen molar-refractivity contribution in [2.24, 2.45) is 5.92 Å². The van der Waals surface area contributed by atoms with Gasteiger partial charge in [-0.15, -0.1) is 0 Å². The number of aryl methyl sites for hydroxylation is 2. The number of aromatic nitrogens is 1. The van der Waals surface area contributed by atoms with Crippen LogP contribution in [-0.4, -0.2) is 84.3 Å². The lowest BCUT2D eigenvalue weighted by Crippen LogP contribution is -2.49. The molecule has 1 aromatic carbocycles. The van der Waals surface area contributed by atoms with Crippen LogP contribution in [0.3, 0.4) is 0 Å². The number of anilines is 1. The first-order valence-corrected chi connectivity index (χ1v) is 14.8. The number of aliphatic carboxylic acids is 1. The summed E-state index contributed by atoms with van der Waals surface area (Å²) < 4.78 is 5.92. The molecule has 9 heteroatoms. The van der Waals surface area contributed by atoms with Crippen molar-refractivity contribution >= 4 is 17.8 Å². The standard InChI is InChI=1S/C31H45N5O4/c1-35(23-24-9-7-10-24)31(39)34-28(30(37)38)17-20-36(21-22-40-27-13-3-2-4-14-27)19-6-5-12-26-16-15-25-11-8-18-32-29(25)33-26/h2-4,13-16,24,28H,5-12,17-23H2,1H3,(H,32,33)(H,34,39)(H,37,38)/t28-/m0/s1. The van der Waals surface area contributed by atoms with Crippen molar-refractivity contribution in [1.82, 2.24) is 20.1 Å². The van der Waals surface area contributed by atoms with Crippen molar-refractivity contribution in [3.63, 3.8) is 0 Å². The number of carboxylic acids is 1. The highest BCUT2D eigenvalue weighted by molar-refractivity contribution is 5.82. The number of urea groups is 1. The minimum atomic E-state index is -1.00. The zero-order valence-corrected chi connectivity index (χ0v) is 23.8. The fraction of sp³-hybridized carbons (Fsp3) is 0.581. The van der Waals surface area contributed by atoms with E-state index in [9.17, 15) is 14.7 Å². The minimum Gasteiger partial charge on any atom is -0.492 e. The molecule has 3 N–H and O–H groups in total. The fourth-order valence-corrected chi connectivity index (χ4v) is 5.27. The molecular formula is C31H45N5O4. The average molecular weight is 552 g/mol. The summed E-state index contributed by atoms with van der Waals surface area (Å²) in [6.45, 7) is 4.23. The van der Waals surface area contributed by atoms with E-state index in [2.05, 4.69) is 27.7 Å². The van der Waals surface area contributed by atoms with Gasteiger partial charge in [-0.1, -0.05) is 30.7 Å². The van der Waals surface area contributed by atoms with E-state index in [0.717, 1.165) is 75.3 Å². The van der Waals surface area contributed by atoms with E-state index in [4.69, 9.17) is 9.72 Å². The Morgan fingerprint density at radius 1 is 1.10 bits per heavy atom. The summed E-state index contributed by atoms with van der Waals surface area (Å²) in [5, 5.41) is 16.0. The smallest absolute Gasteiger partial charge is 0.326 e. The van der Waals surface area contributed by atoms with Gasteiger partial charge in [-0.05, 0) is 87.6 Å². The molecule has 1 aliphatic heterocycles. The van der Waals surface area contributed by atoms with Crippen LogP contribution < -0.4 is 15.4 Å². The van der Waals surface area contributed by atoms with E-state index in [-0.39, 0.29) is 6.03 Å². The van der Waals surface area contributed by atoms with Gasteiger partial charge >= 0.3 is 12.0 Å². The zero-order chi connectivity index (χ0) is 28.2. The monoisotopic (exact) mass is 551 g/mol. The van der Waals surface area contributed by atoms with Gasteiger partial charge in [0.25, 0.3) is 0 Å². The zero-order valence-electron chi connectivity index (χ0n) is 23.8. The summed E-state index contributed by atoms with van der Waals surface area (Å²) in [4.78, 5) is 33.3. The van der Waals surface area contributed by atoms with Gasteiger partial charge in [-0.3, -0.25) is 4.90 Å². The van der Waals surface area contributed by atoms with E-state index in [1.54, 1.807) is 11.9 Å². The van der Waals surface area contributed by atoms with Crippen LogP contribution in [0.2, 0.25) is 0 Å². The molecule has 1 atom stereocenters. The molecule has 0 unspecified atom stereocenters. The van der Waals surface area contributed by atoms with E-state index in [0.29, 0.717) is 38.6 Å². The third-order valence-corrected chi connectivity index (χ3v) is 7.96. The van der Waals surface area contributed by atoms with Gasteiger partial charge in [0.15, 0.2) is 0 Å². The highest BCUT2D eigenvalue weighted by atomic mass is 16.5. The van der Waals surface area contributed by atoms with Crippen molar-refractivity contribution in [2.45, 2.75) is 63.8 Å². The molecule has 1 saturated carbocycles. The Bertz CT molecular complexity index is 1080. The molecule has 2 aliphatic rings. The Labute approximate surface area is 238 Å². The number of nitrogens with one attached hydrogen (secondary N) is 2. The lowest BCUT2D eigenvalue weighted by molar-refractivity contribution is -0.139. The number of carboxylic acid groups (broad SMARTS) is 1.